The predicted octanol–water partition coefficient (Wildman–Crippen LogP) is 0.232. The van der Waals surface area contributed by atoms with Crippen molar-refractivity contribution in [3.05, 3.63) is 0 Å². The molecule has 0 aromatic rings. The monoisotopic (exact) mass is 197 g/mol. The number of fused-ring (bicyclic) bond motifs is 3. The van der Waals surface area contributed by atoms with Gasteiger partial charge < -0.3 is 5.32 Å². The summed E-state index contributed by atoms with van der Waals surface area (Å²) in [7, 11) is 0. The lowest BCUT2D eigenvalue weighted by Crippen LogP contribution is -2.63. The van der Waals surface area contributed by atoms with E-state index in [4.69, 9.17) is 0 Å². The van der Waals surface area contributed by atoms with Crippen molar-refractivity contribution in [3.63, 3.8) is 0 Å². The molecule has 3 fully saturated rings. The Bertz CT molecular complexity index is 173. The van der Waals surface area contributed by atoms with Gasteiger partial charge in [-0.25, -0.2) is 0 Å². The van der Waals surface area contributed by atoms with Gasteiger partial charge in [0.1, 0.15) is 0 Å². The maximum absolute atomic E-state index is 3.57. The third-order valence-corrected chi connectivity index (χ3v) is 3.32. The molecule has 1 atom stereocenters. The van der Waals surface area contributed by atoms with Crippen molar-refractivity contribution < 1.29 is 0 Å². The molecule has 3 rings (SSSR count). The predicted molar refractivity (Wildman–Crippen MR) is 59.5 cm³/mol. The summed E-state index contributed by atoms with van der Waals surface area (Å²) in [6, 6.07) is 0.774. The van der Waals surface area contributed by atoms with E-state index in [1.807, 2.05) is 0 Å². The molecule has 1 unspecified atom stereocenters. The number of piperazine rings is 3. The van der Waals surface area contributed by atoms with E-state index in [-0.39, 0.29) is 0 Å². The molecule has 82 valence electrons. The standard InChI is InChI=1S/C11H23N3/c1-10(2)7-12-8-11-9-13-3-5-14(11)6-4-13/h10-12H,3-9H2,1-2H3. The minimum absolute atomic E-state index is 0.770. The van der Waals surface area contributed by atoms with Crippen LogP contribution in [0.15, 0.2) is 0 Å². The summed E-state index contributed by atoms with van der Waals surface area (Å²) in [6.45, 7) is 13.3. The molecule has 2 bridgehead atoms. The van der Waals surface area contributed by atoms with Crippen LogP contribution in [0.25, 0.3) is 0 Å². The zero-order valence-electron chi connectivity index (χ0n) is 9.50. The van der Waals surface area contributed by atoms with Gasteiger partial charge in [0, 0.05) is 45.3 Å². The van der Waals surface area contributed by atoms with Crippen LogP contribution in [0.1, 0.15) is 13.8 Å². The van der Waals surface area contributed by atoms with Gasteiger partial charge in [-0.3, -0.25) is 9.80 Å². The molecular weight excluding hydrogens is 174 g/mol. The Kier molecular flexibility index (Phi) is 3.42. The van der Waals surface area contributed by atoms with Crippen molar-refractivity contribution in [1.29, 1.82) is 0 Å². The Morgan fingerprint density at radius 2 is 1.93 bits per heavy atom. The number of nitrogens with one attached hydrogen (secondary N) is 1. The summed E-state index contributed by atoms with van der Waals surface area (Å²) < 4.78 is 0. The number of rotatable bonds is 4. The van der Waals surface area contributed by atoms with Gasteiger partial charge in [0.15, 0.2) is 0 Å². The molecule has 3 aliphatic rings. The van der Waals surface area contributed by atoms with Crippen LogP contribution in [0.2, 0.25) is 0 Å². The van der Waals surface area contributed by atoms with E-state index in [0.29, 0.717) is 0 Å². The number of hydrogen-bond donors (Lipinski definition) is 1. The average molecular weight is 197 g/mol. The van der Waals surface area contributed by atoms with Crippen molar-refractivity contribution in [3.8, 4) is 0 Å². The van der Waals surface area contributed by atoms with Gasteiger partial charge in [-0.15, -0.1) is 0 Å². The lowest BCUT2D eigenvalue weighted by molar-refractivity contribution is 0.0136. The lowest BCUT2D eigenvalue weighted by Gasteiger charge is -2.47. The second-order valence-electron chi connectivity index (χ2n) is 5.04. The first kappa shape index (κ1) is 10.4. The molecule has 3 heteroatoms. The van der Waals surface area contributed by atoms with Crippen LogP contribution in [-0.4, -0.2) is 61.7 Å². The van der Waals surface area contributed by atoms with Gasteiger partial charge in [0.05, 0.1) is 0 Å². The van der Waals surface area contributed by atoms with Crippen molar-refractivity contribution in [2.24, 2.45) is 5.92 Å². The van der Waals surface area contributed by atoms with Gasteiger partial charge in [-0.1, -0.05) is 13.8 Å². The summed E-state index contributed by atoms with van der Waals surface area (Å²) >= 11 is 0. The van der Waals surface area contributed by atoms with E-state index in [9.17, 15) is 0 Å². The Morgan fingerprint density at radius 3 is 2.43 bits per heavy atom. The first-order valence-corrected chi connectivity index (χ1v) is 5.93. The lowest BCUT2D eigenvalue weighted by atomic mass is 10.1. The van der Waals surface area contributed by atoms with Crippen LogP contribution in [-0.2, 0) is 0 Å². The molecule has 3 aliphatic heterocycles. The highest BCUT2D eigenvalue weighted by Gasteiger charge is 2.31. The van der Waals surface area contributed by atoms with Crippen molar-refractivity contribution >= 4 is 0 Å². The summed E-state index contributed by atoms with van der Waals surface area (Å²) in [5.74, 6) is 0.770. The molecule has 14 heavy (non-hydrogen) atoms. The second kappa shape index (κ2) is 4.60. The fourth-order valence-electron chi connectivity index (χ4n) is 2.46. The van der Waals surface area contributed by atoms with Gasteiger partial charge >= 0.3 is 0 Å². The van der Waals surface area contributed by atoms with E-state index in [1.165, 1.54) is 39.3 Å². The molecular formula is C11H23N3. The van der Waals surface area contributed by atoms with Crippen molar-refractivity contribution in [2.75, 3.05) is 45.8 Å². The summed E-state index contributed by atoms with van der Waals surface area (Å²) in [6.07, 6.45) is 0. The highest BCUT2D eigenvalue weighted by atomic mass is 15.3. The molecule has 3 nitrogen and oxygen atoms in total. The minimum atomic E-state index is 0.770. The molecule has 0 spiro atoms. The topological polar surface area (TPSA) is 18.5 Å². The molecule has 0 aromatic heterocycles. The van der Waals surface area contributed by atoms with Crippen LogP contribution < -0.4 is 5.32 Å². The van der Waals surface area contributed by atoms with Crippen LogP contribution in [0, 0.1) is 5.92 Å². The molecule has 0 saturated carbocycles. The van der Waals surface area contributed by atoms with Gasteiger partial charge in [0.25, 0.3) is 0 Å². The normalized spacial score (nSPS) is 36.6. The SMILES string of the molecule is CC(C)CNCC1CN2CCN1CC2. The minimum Gasteiger partial charge on any atom is -0.315 e. The molecule has 1 N–H and O–H groups in total. The van der Waals surface area contributed by atoms with Crippen molar-refractivity contribution in [2.45, 2.75) is 19.9 Å². The molecule has 3 heterocycles. The molecule has 3 saturated heterocycles. The van der Waals surface area contributed by atoms with Gasteiger partial charge in [-0.2, -0.15) is 0 Å². The quantitative estimate of drug-likeness (QED) is 0.696. The van der Waals surface area contributed by atoms with Crippen LogP contribution in [0.5, 0.6) is 0 Å². The van der Waals surface area contributed by atoms with Crippen LogP contribution in [0.4, 0.5) is 0 Å². The van der Waals surface area contributed by atoms with E-state index < -0.39 is 0 Å². The molecule has 0 aromatic carbocycles. The highest BCUT2D eigenvalue weighted by molar-refractivity contribution is 4.88. The van der Waals surface area contributed by atoms with E-state index >= 15 is 0 Å². The van der Waals surface area contributed by atoms with E-state index in [2.05, 4.69) is 29.0 Å². The number of nitrogens with zero attached hydrogens (tertiary/aromatic N) is 2. The fraction of sp³-hybridized carbons (Fsp3) is 1.00. The highest BCUT2D eigenvalue weighted by Crippen LogP contribution is 2.14. The second-order valence-corrected chi connectivity index (χ2v) is 5.04. The first-order chi connectivity index (χ1) is 6.75. The van der Waals surface area contributed by atoms with Gasteiger partial charge in [-0.05, 0) is 12.5 Å². The summed E-state index contributed by atoms with van der Waals surface area (Å²) in [4.78, 5) is 5.25. The maximum Gasteiger partial charge on any atom is 0.0349 e. The largest absolute Gasteiger partial charge is 0.315 e. The van der Waals surface area contributed by atoms with Crippen molar-refractivity contribution in [1.82, 2.24) is 15.1 Å². The Morgan fingerprint density at radius 1 is 1.21 bits per heavy atom. The van der Waals surface area contributed by atoms with Gasteiger partial charge in [0.2, 0.25) is 0 Å². The third-order valence-electron chi connectivity index (χ3n) is 3.32. The first-order valence-electron chi connectivity index (χ1n) is 5.93. The molecule has 0 aliphatic carbocycles. The van der Waals surface area contributed by atoms with Crippen LogP contribution in [0.3, 0.4) is 0 Å². The smallest absolute Gasteiger partial charge is 0.0349 e. The van der Waals surface area contributed by atoms with Crippen LogP contribution >= 0.6 is 0 Å². The Balaban J connectivity index is 1.71. The average Bonchev–Trinajstić information content (AvgIpc) is 2.19. The fourth-order valence-corrected chi connectivity index (χ4v) is 2.46. The Hall–Kier alpha value is -0.120. The van der Waals surface area contributed by atoms with E-state index in [0.717, 1.165) is 18.5 Å². The zero-order valence-corrected chi connectivity index (χ0v) is 9.50. The Labute approximate surface area is 87.4 Å². The molecule has 0 amide bonds. The van der Waals surface area contributed by atoms with E-state index in [1.54, 1.807) is 0 Å². The maximum atomic E-state index is 3.57. The summed E-state index contributed by atoms with van der Waals surface area (Å²) in [5.41, 5.74) is 0. The zero-order chi connectivity index (χ0) is 9.97. The molecule has 0 radical (unpaired) electrons. The third kappa shape index (κ3) is 2.47. The number of hydrogen-bond acceptors (Lipinski definition) is 3. The summed E-state index contributed by atoms with van der Waals surface area (Å²) in [5, 5.41) is 3.57.